The van der Waals surface area contributed by atoms with Gasteiger partial charge >= 0.3 is 0 Å². The van der Waals surface area contributed by atoms with Crippen LogP contribution in [0.25, 0.3) is 16.6 Å². The molecular formula is C27H26N2O3S. The molecule has 2 atom stereocenters. The molecule has 6 heteroatoms. The fourth-order valence-corrected chi connectivity index (χ4v) is 4.92. The maximum absolute atomic E-state index is 13.5. The third kappa shape index (κ3) is 4.35. The molecule has 1 aromatic heterocycles. The molecule has 0 aliphatic carbocycles. The van der Waals surface area contributed by atoms with Gasteiger partial charge in [0, 0.05) is 5.75 Å². The summed E-state index contributed by atoms with van der Waals surface area (Å²) >= 11 is 1.51. The Labute approximate surface area is 197 Å². The highest BCUT2D eigenvalue weighted by Gasteiger charge is 2.22. The number of rotatable bonds is 6. The fourth-order valence-electron chi connectivity index (χ4n) is 3.94. The molecule has 0 N–H and O–H groups in total. The van der Waals surface area contributed by atoms with Crippen molar-refractivity contribution < 1.29 is 9.47 Å². The molecule has 0 amide bonds. The normalized spacial score (nSPS) is 16.0. The van der Waals surface area contributed by atoms with Crippen LogP contribution in [-0.4, -0.2) is 28.0 Å². The van der Waals surface area contributed by atoms with Gasteiger partial charge in [0.25, 0.3) is 5.56 Å². The van der Waals surface area contributed by atoms with Gasteiger partial charge in [-0.05, 0) is 54.3 Å². The van der Waals surface area contributed by atoms with E-state index < -0.39 is 0 Å². The van der Waals surface area contributed by atoms with Gasteiger partial charge in [0.15, 0.2) is 16.7 Å². The molecule has 0 bridgehead atoms. The number of hydrogen-bond donors (Lipinski definition) is 0. The number of hydrogen-bond acceptors (Lipinski definition) is 5. The zero-order chi connectivity index (χ0) is 22.8. The van der Waals surface area contributed by atoms with Gasteiger partial charge < -0.3 is 9.47 Å². The van der Waals surface area contributed by atoms with Gasteiger partial charge in [0.1, 0.15) is 12.7 Å². The zero-order valence-corrected chi connectivity index (χ0v) is 19.5. The monoisotopic (exact) mass is 458 g/mol. The van der Waals surface area contributed by atoms with E-state index in [1.54, 1.807) is 4.57 Å². The van der Waals surface area contributed by atoms with Crippen LogP contribution in [-0.2, 0) is 0 Å². The van der Waals surface area contributed by atoms with Crippen LogP contribution in [0.15, 0.2) is 82.7 Å². The third-order valence-electron chi connectivity index (χ3n) is 6.04. The molecular weight excluding hydrogens is 432 g/mol. The molecule has 0 spiro atoms. The lowest BCUT2D eigenvalue weighted by atomic mass is 9.98. The van der Waals surface area contributed by atoms with Crippen LogP contribution in [0.1, 0.15) is 31.7 Å². The van der Waals surface area contributed by atoms with Gasteiger partial charge in [0.2, 0.25) is 0 Å². The van der Waals surface area contributed by atoms with Crippen molar-refractivity contribution in [2.45, 2.75) is 37.4 Å². The predicted molar refractivity (Wildman–Crippen MR) is 133 cm³/mol. The number of thioether (sulfide) groups is 1. The molecule has 1 aliphatic heterocycles. The maximum atomic E-state index is 13.5. The van der Waals surface area contributed by atoms with Crippen LogP contribution in [0.5, 0.6) is 11.5 Å². The van der Waals surface area contributed by atoms with Crippen molar-refractivity contribution in [3.63, 3.8) is 0 Å². The van der Waals surface area contributed by atoms with Crippen LogP contribution >= 0.6 is 11.8 Å². The molecule has 3 aromatic carbocycles. The minimum atomic E-state index is -0.130. The predicted octanol–water partition coefficient (Wildman–Crippen LogP) is 5.83. The Bertz CT molecular complexity index is 1330. The first kappa shape index (κ1) is 21.6. The van der Waals surface area contributed by atoms with Gasteiger partial charge in [-0.25, -0.2) is 4.98 Å². The van der Waals surface area contributed by atoms with Crippen LogP contribution in [0.3, 0.4) is 0 Å². The van der Waals surface area contributed by atoms with E-state index in [0.717, 1.165) is 23.6 Å². The average Bonchev–Trinajstić information content (AvgIpc) is 2.87. The molecule has 1 aliphatic rings. The van der Waals surface area contributed by atoms with Crippen molar-refractivity contribution in [1.82, 2.24) is 9.55 Å². The number of nitrogens with zero attached hydrogens (tertiary/aromatic N) is 2. The second-order valence-corrected chi connectivity index (χ2v) is 9.25. The van der Waals surface area contributed by atoms with Gasteiger partial charge in [-0.3, -0.25) is 9.36 Å². The topological polar surface area (TPSA) is 53.4 Å². The van der Waals surface area contributed by atoms with Crippen LogP contribution in [0, 0.1) is 0 Å². The van der Waals surface area contributed by atoms with Gasteiger partial charge in [-0.2, -0.15) is 0 Å². The summed E-state index contributed by atoms with van der Waals surface area (Å²) in [5.41, 5.74) is 2.72. The number of fused-ring (bicyclic) bond motifs is 2. The Morgan fingerprint density at radius 2 is 1.76 bits per heavy atom. The van der Waals surface area contributed by atoms with Crippen LogP contribution in [0.2, 0.25) is 0 Å². The molecule has 33 heavy (non-hydrogen) atoms. The first-order valence-electron chi connectivity index (χ1n) is 11.3. The Balaban J connectivity index is 1.48. The minimum Gasteiger partial charge on any atom is -0.486 e. The zero-order valence-electron chi connectivity index (χ0n) is 18.7. The van der Waals surface area contributed by atoms with Crippen molar-refractivity contribution >= 4 is 22.7 Å². The number of para-hydroxylation sites is 3. The highest BCUT2D eigenvalue weighted by molar-refractivity contribution is 7.99. The highest BCUT2D eigenvalue weighted by atomic mass is 32.2. The summed E-state index contributed by atoms with van der Waals surface area (Å²) in [5, 5.41) is 1.26. The molecule has 5 rings (SSSR count). The van der Waals surface area contributed by atoms with Crippen molar-refractivity contribution in [3.05, 3.63) is 88.7 Å². The Kier molecular flexibility index (Phi) is 6.09. The summed E-state index contributed by atoms with van der Waals surface area (Å²) in [4.78, 5) is 18.3. The van der Waals surface area contributed by atoms with E-state index in [2.05, 4.69) is 26.0 Å². The fraction of sp³-hybridized carbons (Fsp3) is 0.259. The van der Waals surface area contributed by atoms with Crippen molar-refractivity contribution in [2.24, 2.45) is 0 Å². The first-order valence-corrected chi connectivity index (χ1v) is 12.3. The van der Waals surface area contributed by atoms with Crippen molar-refractivity contribution in [1.29, 1.82) is 0 Å². The SMILES string of the molecule is CCC(C)c1ccc(-n2c(SCC3COc4ccccc4O3)nc3ccccc3c2=O)cc1. The summed E-state index contributed by atoms with van der Waals surface area (Å²) in [7, 11) is 0. The lowest BCUT2D eigenvalue weighted by Gasteiger charge is -2.26. The summed E-state index contributed by atoms with van der Waals surface area (Å²) in [6, 6.07) is 23.4. The summed E-state index contributed by atoms with van der Waals surface area (Å²) < 4.78 is 13.7. The van der Waals surface area contributed by atoms with E-state index in [0.29, 0.717) is 34.3 Å². The van der Waals surface area contributed by atoms with E-state index >= 15 is 0 Å². The lowest BCUT2D eigenvalue weighted by molar-refractivity contribution is 0.107. The first-order chi connectivity index (χ1) is 16.1. The van der Waals surface area contributed by atoms with E-state index in [-0.39, 0.29) is 11.7 Å². The second kappa shape index (κ2) is 9.32. The summed E-state index contributed by atoms with van der Waals surface area (Å²) in [5.74, 6) is 2.61. The van der Waals surface area contributed by atoms with Crippen LogP contribution in [0.4, 0.5) is 0 Å². The van der Waals surface area contributed by atoms with Gasteiger partial charge in [-0.1, -0.05) is 62.0 Å². The molecule has 168 valence electrons. The van der Waals surface area contributed by atoms with Crippen LogP contribution < -0.4 is 15.0 Å². The van der Waals surface area contributed by atoms with E-state index in [1.807, 2.05) is 60.7 Å². The Morgan fingerprint density at radius 3 is 2.55 bits per heavy atom. The maximum Gasteiger partial charge on any atom is 0.266 e. The molecule has 4 aromatic rings. The number of aromatic nitrogens is 2. The van der Waals surface area contributed by atoms with E-state index in [4.69, 9.17) is 14.5 Å². The smallest absolute Gasteiger partial charge is 0.266 e. The number of benzene rings is 3. The molecule has 0 radical (unpaired) electrons. The Hall–Kier alpha value is -3.25. The standard InChI is InChI=1S/C27H26N2O3S/c1-3-18(2)19-12-14-20(15-13-19)29-26(30)22-8-4-5-9-23(22)28-27(29)33-17-21-16-31-24-10-6-7-11-25(24)32-21/h4-15,18,21H,3,16-17H2,1-2H3. The summed E-state index contributed by atoms with van der Waals surface area (Å²) in [6.45, 7) is 4.86. The highest BCUT2D eigenvalue weighted by Crippen LogP contribution is 2.32. The summed E-state index contributed by atoms with van der Waals surface area (Å²) in [6.07, 6.45) is 0.944. The largest absolute Gasteiger partial charge is 0.486 e. The van der Waals surface area contributed by atoms with Gasteiger partial charge in [-0.15, -0.1) is 0 Å². The molecule has 2 unspecified atom stereocenters. The molecule has 2 heterocycles. The molecule has 0 fully saturated rings. The van der Waals surface area contributed by atoms with Crippen molar-refractivity contribution in [2.75, 3.05) is 12.4 Å². The molecule has 5 nitrogen and oxygen atoms in total. The quantitative estimate of drug-likeness (QED) is 0.269. The van der Waals surface area contributed by atoms with E-state index in [1.165, 1.54) is 17.3 Å². The average molecular weight is 459 g/mol. The molecule has 0 saturated heterocycles. The van der Waals surface area contributed by atoms with Gasteiger partial charge in [0.05, 0.1) is 16.6 Å². The number of ether oxygens (including phenoxy) is 2. The van der Waals surface area contributed by atoms with E-state index in [9.17, 15) is 4.79 Å². The lowest BCUT2D eigenvalue weighted by Crippen LogP contribution is -2.31. The second-order valence-electron chi connectivity index (χ2n) is 8.26. The Morgan fingerprint density at radius 1 is 1.03 bits per heavy atom. The minimum absolute atomic E-state index is 0.0643. The van der Waals surface area contributed by atoms with Crippen molar-refractivity contribution in [3.8, 4) is 17.2 Å². The third-order valence-corrected chi connectivity index (χ3v) is 7.11. The molecule has 0 saturated carbocycles.